The van der Waals surface area contributed by atoms with Gasteiger partial charge in [-0.25, -0.2) is 13.1 Å². The minimum atomic E-state index is -3.36. The third-order valence-corrected chi connectivity index (χ3v) is 7.21. The predicted molar refractivity (Wildman–Crippen MR) is 97.3 cm³/mol. The van der Waals surface area contributed by atoms with Crippen molar-refractivity contribution >= 4 is 10.0 Å². The molecule has 3 nitrogen and oxygen atoms in total. The fourth-order valence-corrected chi connectivity index (χ4v) is 4.84. The Morgan fingerprint density at radius 3 is 2.00 bits per heavy atom. The third-order valence-electron chi connectivity index (χ3n) is 5.21. The molecule has 0 aliphatic heterocycles. The van der Waals surface area contributed by atoms with Crippen molar-refractivity contribution in [1.82, 2.24) is 4.72 Å². The van der Waals surface area contributed by atoms with E-state index >= 15 is 0 Å². The second-order valence-corrected chi connectivity index (χ2v) is 10.6. The van der Waals surface area contributed by atoms with E-state index in [0.29, 0.717) is 0 Å². The summed E-state index contributed by atoms with van der Waals surface area (Å²) in [5.74, 6) is 0. The summed E-state index contributed by atoms with van der Waals surface area (Å²) in [6.45, 7) is 14.5. The Kier molecular flexibility index (Phi) is 4.73. The van der Waals surface area contributed by atoms with Crippen LogP contribution in [0.2, 0.25) is 0 Å². The van der Waals surface area contributed by atoms with Crippen LogP contribution in [0.25, 0.3) is 0 Å². The number of fused-ring (bicyclic) bond motifs is 1. The summed E-state index contributed by atoms with van der Waals surface area (Å²) in [5, 5.41) is -0.545. The van der Waals surface area contributed by atoms with Crippen LogP contribution in [0.4, 0.5) is 0 Å². The third kappa shape index (κ3) is 3.63. The highest BCUT2D eigenvalue weighted by molar-refractivity contribution is 7.89. The van der Waals surface area contributed by atoms with Gasteiger partial charge in [-0.05, 0) is 61.1 Å². The molecule has 0 fully saturated rings. The van der Waals surface area contributed by atoms with Crippen LogP contribution in [0.5, 0.6) is 0 Å². The van der Waals surface area contributed by atoms with Crippen LogP contribution < -0.4 is 4.72 Å². The molecule has 1 N–H and O–H groups in total. The quantitative estimate of drug-likeness (QED) is 0.884. The van der Waals surface area contributed by atoms with Gasteiger partial charge in [0.05, 0.1) is 5.25 Å². The fraction of sp³-hybridized carbons (Fsp3) is 0.684. The van der Waals surface area contributed by atoms with E-state index in [-0.39, 0.29) is 16.9 Å². The average Bonchev–Trinajstić information content (AvgIpc) is 2.41. The molecule has 0 saturated carbocycles. The molecule has 0 aromatic heterocycles. The molecule has 1 atom stereocenters. The maximum absolute atomic E-state index is 12.5. The van der Waals surface area contributed by atoms with Gasteiger partial charge in [0.15, 0.2) is 0 Å². The first kappa shape index (κ1) is 18.5. The molecule has 0 radical (unpaired) electrons. The first-order valence-electron chi connectivity index (χ1n) is 8.53. The topological polar surface area (TPSA) is 46.2 Å². The summed E-state index contributed by atoms with van der Waals surface area (Å²) in [5.41, 5.74) is 3.79. The van der Waals surface area contributed by atoms with Crippen molar-refractivity contribution in [2.24, 2.45) is 0 Å². The van der Waals surface area contributed by atoms with E-state index in [9.17, 15) is 8.42 Å². The fourth-order valence-electron chi connectivity index (χ4n) is 3.47. The van der Waals surface area contributed by atoms with Gasteiger partial charge in [0.2, 0.25) is 10.0 Å². The van der Waals surface area contributed by atoms with Gasteiger partial charge in [-0.1, -0.05) is 45.9 Å². The summed E-state index contributed by atoms with van der Waals surface area (Å²) in [4.78, 5) is 0. The number of rotatable bonds is 4. The lowest BCUT2D eigenvalue weighted by atomic mass is 9.63. The molecule has 4 heteroatoms. The molecule has 2 rings (SSSR count). The predicted octanol–water partition coefficient (Wildman–Crippen LogP) is 4.42. The number of nitrogens with one attached hydrogen (secondary N) is 1. The van der Waals surface area contributed by atoms with E-state index in [1.807, 2.05) is 19.9 Å². The Hall–Kier alpha value is -0.870. The highest BCUT2D eigenvalue weighted by Gasteiger charge is 2.37. The van der Waals surface area contributed by atoms with E-state index in [0.717, 1.165) is 18.4 Å². The molecule has 0 amide bonds. The Morgan fingerprint density at radius 2 is 1.48 bits per heavy atom. The van der Waals surface area contributed by atoms with Crippen molar-refractivity contribution in [2.75, 3.05) is 0 Å². The SMILES string of the molecule is CC(C)NS(=O)(=O)[C@@H](C)c1ccc2c(c1)C(C)(C)CCC2(C)C. The van der Waals surface area contributed by atoms with Crippen LogP contribution in [0.1, 0.15) is 83.2 Å². The van der Waals surface area contributed by atoms with E-state index in [4.69, 9.17) is 0 Å². The average molecular weight is 338 g/mol. The molecule has 0 heterocycles. The Bertz CT molecular complexity index is 687. The second-order valence-electron chi connectivity index (χ2n) is 8.53. The van der Waals surface area contributed by atoms with Crippen molar-refractivity contribution < 1.29 is 8.42 Å². The largest absolute Gasteiger partial charge is 0.218 e. The highest BCUT2D eigenvalue weighted by Crippen LogP contribution is 2.46. The summed E-state index contributed by atoms with van der Waals surface area (Å²) in [6.07, 6.45) is 2.29. The van der Waals surface area contributed by atoms with Gasteiger partial charge in [0.25, 0.3) is 0 Å². The zero-order valence-corrected chi connectivity index (χ0v) is 16.3. The van der Waals surface area contributed by atoms with Gasteiger partial charge in [-0.3, -0.25) is 0 Å². The van der Waals surface area contributed by atoms with Gasteiger partial charge in [-0.2, -0.15) is 0 Å². The van der Waals surface area contributed by atoms with Crippen molar-refractivity contribution in [1.29, 1.82) is 0 Å². The lowest BCUT2D eigenvalue weighted by Crippen LogP contribution is -2.35. The van der Waals surface area contributed by atoms with Crippen LogP contribution in [0, 0.1) is 0 Å². The van der Waals surface area contributed by atoms with Gasteiger partial charge in [0.1, 0.15) is 0 Å². The minimum Gasteiger partial charge on any atom is -0.212 e. The lowest BCUT2D eigenvalue weighted by molar-refractivity contribution is 0.331. The molecule has 0 saturated heterocycles. The van der Waals surface area contributed by atoms with Crippen LogP contribution in [-0.2, 0) is 20.9 Å². The first-order chi connectivity index (χ1) is 10.4. The van der Waals surface area contributed by atoms with Crippen molar-refractivity contribution in [2.45, 2.75) is 83.4 Å². The normalized spacial score (nSPS) is 21.0. The van der Waals surface area contributed by atoms with E-state index < -0.39 is 15.3 Å². The van der Waals surface area contributed by atoms with Crippen LogP contribution in [-0.4, -0.2) is 14.5 Å². The molecular weight excluding hydrogens is 306 g/mol. The van der Waals surface area contributed by atoms with Crippen LogP contribution in [0.15, 0.2) is 18.2 Å². The first-order valence-corrected chi connectivity index (χ1v) is 10.1. The van der Waals surface area contributed by atoms with Crippen molar-refractivity contribution in [3.05, 3.63) is 34.9 Å². The molecule has 23 heavy (non-hydrogen) atoms. The molecule has 1 aliphatic rings. The molecular formula is C19H31NO2S. The highest BCUT2D eigenvalue weighted by atomic mass is 32.2. The summed E-state index contributed by atoms with van der Waals surface area (Å²) < 4.78 is 27.7. The van der Waals surface area contributed by atoms with Gasteiger partial charge in [-0.15, -0.1) is 0 Å². The Balaban J connectivity index is 2.49. The minimum absolute atomic E-state index is 0.0875. The Morgan fingerprint density at radius 1 is 0.957 bits per heavy atom. The number of hydrogen-bond acceptors (Lipinski definition) is 2. The van der Waals surface area contributed by atoms with Gasteiger partial charge < -0.3 is 0 Å². The van der Waals surface area contributed by atoms with Crippen molar-refractivity contribution in [3.8, 4) is 0 Å². The molecule has 0 bridgehead atoms. The van der Waals surface area contributed by atoms with Crippen LogP contribution >= 0.6 is 0 Å². The van der Waals surface area contributed by atoms with E-state index in [1.54, 1.807) is 6.92 Å². The van der Waals surface area contributed by atoms with E-state index in [2.05, 4.69) is 44.5 Å². The van der Waals surface area contributed by atoms with E-state index in [1.165, 1.54) is 11.1 Å². The molecule has 130 valence electrons. The second kappa shape index (κ2) is 5.89. The number of benzene rings is 1. The lowest BCUT2D eigenvalue weighted by Gasteiger charge is -2.42. The zero-order valence-electron chi connectivity index (χ0n) is 15.5. The monoisotopic (exact) mass is 337 g/mol. The van der Waals surface area contributed by atoms with Crippen LogP contribution in [0.3, 0.4) is 0 Å². The molecule has 0 unspecified atom stereocenters. The summed E-state index contributed by atoms with van der Waals surface area (Å²) in [7, 11) is -3.36. The maximum Gasteiger partial charge on any atom is 0.218 e. The molecule has 1 aliphatic carbocycles. The smallest absolute Gasteiger partial charge is 0.212 e. The zero-order chi connectivity index (χ0) is 17.6. The number of sulfonamides is 1. The standard InChI is InChI=1S/C19H31NO2S/c1-13(2)20-23(21,22)14(3)15-8-9-16-17(12-15)19(6,7)11-10-18(16,4)5/h8-9,12-14,20H,10-11H2,1-7H3/t14-/m0/s1. The van der Waals surface area contributed by atoms with Crippen molar-refractivity contribution in [3.63, 3.8) is 0 Å². The maximum atomic E-state index is 12.5. The molecule has 1 aromatic rings. The van der Waals surface area contributed by atoms with Gasteiger partial charge in [0, 0.05) is 6.04 Å². The summed E-state index contributed by atoms with van der Waals surface area (Å²) in [6, 6.07) is 6.18. The molecule has 1 aromatic carbocycles. The van der Waals surface area contributed by atoms with Gasteiger partial charge >= 0.3 is 0 Å². The molecule has 0 spiro atoms. The summed E-state index contributed by atoms with van der Waals surface area (Å²) >= 11 is 0. The Labute approximate surface area is 141 Å². The number of hydrogen-bond donors (Lipinski definition) is 1.